The Morgan fingerprint density at radius 2 is 2.07 bits per heavy atom. The average Bonchev–Trinajstić information content (AvgIpc) is 2.64. The smallest absolute Gasteiger partial charge is 0.263 e. The number of aromatic nitrogens is 2. The highest BCUT2D eigenvalue weighted by molar-refractivity contribution is 9.10. The normalized spacial score (nSPS) is 10.6. The second kappa shape index (κ2) is 8.26. The van der Waals surface area contributed by atoms with E-state index in [1.165, 1.54) is 16.7 Å². The van der Waals surface area contributed by atoms with Gasteiger partial charge in [-0.2, -0.15) is 0 Å². The van der Waals surface area contributed by atoms with Gasteiger partial charge >= 0.3 is 0 Å². The third-order valence-electron chi connectivity index (χ3n) is 4.05. The van der Waals surface area contributed by atoms with Crippen molar-refractivity contribution in [3.05, 3.63) is 97.9 Å². The van der Waals surface area contributed by atoms with Gasteiger partial charge in [0, 0.05) is 16.9 Å². The molecule has 138 valence electrons. The highest BCUT2D eigenvalue weighted by Gasteiger charge is 2.12. The number of benzene rings is 1. The lowest BCUT2D eigenvalue weighted by Gasteiger charge is -2.10. The second-order valence-electron chi connectivity index (χ2n) is 6.09. The Labute approximate surface area is 164 Å². The molecule has 0 unspecified atom stereocenters. The molecule has 0 aliphatic heterocycles. The number of hydrogen-bond acceptors (Lipinski definition) is 3. The van der Waals surface area contributed by atoms with Crippen LogP contribution in [0.4, 0.5) is 4.39 Å². The summed E-state index contributed by atoms with van der Waals surface area (Å²) in [5, 5.41) is 2.71. The highest BCUT2D eigenvalue weighted by Crippen LogP contribution is 2.11. The molecule has 0 aliphatic rings. The maximum atomic E-state index is 13.4. The van der Waals surface area contributed by atoms with Gasteiger partial charge in [0.1, 0.15) is 11.4 Å². The molecule has 0 radical (unpaired) electrons. The van der Waals surface area contributed by atoms with Gasteiger partial charge in [-0.25, -0.2) is 4.39 Å². The van der Waals surface area contributed by atoms with Gasteiger partial charge in [-0.1, -0.05) is 28.1 Å². The van der Waals surface area contributed by atoms with Crippen LogP contribution in [0.1, 0.15) is 27.2 Å². The van der Waals surface area contributed by atoms with Crippen molar-refractivity contribution in [2.75, 3.05) is 0 Å². The van der Waals surface area contributed by atoms with Crippen LogP contribution in [-0.4, -0.2) is 15.5 Å². The van der Waals surface area contributed by atoms with E-state index in [-0.39, 0.29) is 24.5 Å². The van der Waals surface area contributed by atoms with E-state index in [9.17, 15) is 14.0 Å². The number of nitrogens with zero attached hydrogens (tertiary/aromatic N) is 2. The molecule has 0 atom stereocenters. The van der Waals surface area contributed by atoms with Crippen LogP contribution in [0.2, 0.25) is 0 Å². The number of pyridine rings is 2. The number of halogens is 2. The summed E-state index contributed by atoms with van der Waals surface area (Å²) in [6, 6.07) is 11.4. The minimum absolute atomic E-state index is 0.0475. The molecule has 27 heavy (non-hydrogen) atoms. The molecule has 1 amide bonds. The van der Waals surface area contributed by atoms with Crippen LogP contribution >= 0.6 is 15.9 Å². The summed E-state index contributed by atoms with van der Waals surface area (Å²) >= 11 is 3.35. The lowest BCUT2D eigenvalue weighted by atomic mass is 10.1. The maximum absolute atomic E-state index is 13.4. The number of carbonyl (C=O) groups is 1. The molecule has 0 spiro atoms. The molecule has 0 fully saturated rings. The standard InChI is InChI=1S/C20H17BrFN3O2/c1-13-9-14(4-5-18(13)22)12-25-8-2-3-17(20(25)27)19(26)24-11-16-10-15(21)6-7-23-16/h2-10H,11-12H2,1H3,(H,24,26). The van der Waals surface area contributed by atoms with E-state index in [0.717, 1.165) is 10.0 Å². The highest BCUT2D eigenvalue weighted by atomic mass is 79.9. The molecule has 1 N–H and O–H groups in total. The Hall–Kier alpha value is -2.80. The number of nitrogens with one attached hydrogen (secondary N) is 1. The molecule has 3 aromatic rings. The van der Waals surface area contributed by atoms with Crippen LogP contribution in [-0.2, 0) is 13.1 Å². The third-order valence-corrected chi connectivity index (χ3v) is 4.54. The number of amides is 1. The zero-order valence-corrected chi connectivity index (χ0v) is 16.2. The summed E-state index contributed by atoms with van der Waals surface area (Å²) in [5.74, 6) is -0.758. The minimum atomic E-state index is -0.466. The first kappa shape index (κ1) is 19.0. The van der Waals surface area contributed by atoms with E-state index < -0.39 is 11.5 Å². The van der Waals surface area contributed by atoms with Crippen molar-refractivity contribution in [2.24, 2.45) is 0 Å². The van der Waals surface area contributed by atoms with Crippen molar-refractivity contribution in [1.82, 2.24) is 14.9 Å². The van der Waals surface area contributed by atoms with E-state index in [0.29, 0.717) is 11.3 Å². The molecule has 7 heteroatoms. The van der Waals surface area contributed by atoms with Crippen molar-refractivity contribution in [1.29, 1.82) is 0 Å². The zero-order chi connectivity index (χ0) is 19.4. The largest absolute Gasteiger partial charge is 0.346 e. The molecule has 0 saturated heterocycles. The van der Waals surface area contributed by atoms with Crippen LogP contribution in [0.5, 0.6) is 0 Å². The molecule has 1 aromatic carbocycles. The molecule has 3 rings (SSSR count). The molecular weight excluding hydrogens is 413 g/mol. The molecule has 0 saturated carbocycles. The Bertz CT molecular complexity index is 1050. The second-order valence-corrected chi connectivity index (χ2v) is 7.00. The Kier molecular flexibility index (Phi) is 5.81. The van der Waals surface area contributed by atoms with Gasteiger partial charge in [-0.15, -0.1) is 0 Å². The van der Waals surface area contributed by atoms with Gasteiger partial charge in [-0.05, 0) is 48.4 Å². The summed E-state index contributed by atoms with van der Waals surface area (Å²) < 4.78 is 15.7. The first-order chi connectivity index (χ1) is 12.9. The lowest BCUT2D eigenvalue weighted by Crippen LogP contribution is -2.32. The van der Waals surface area contributed by atoms with Gasteiger partial charge < -0.3 is 9.88 Å². The topological polar surface area (TPSA) is 64.0 Å². The summed E-state index contributed by atoms with van der Waals surface area (Å²) in [7, 11) is 0. The molecule has 0 bridgehead atoms. The SMILES string of the molecule is Cc1cc(Cn2cccc(C(=O)NCc3cc(Br)ccn3)c2=O)ccc1F. The van der Waals surface area contributed by atoms with Gasteiger partial charge in [0.15, 0.2) is 0 Å². The summed E-state index contributed by atoms with van der Waals surface area (Å²) in [4.78, 5) is 29.2. The number of rotatable bonds is 5. The van der Waals surface area contributed by atoms with E-state index in [4.69, 9.17) is 0 Å². The van der Waals surface area contributed by atoms with E-state index in [1.807, 2.05) is 0 Å². The monoisotopic (exact) mass is 429 g/mol. The van der Waals surface area contributed by atoms with Crippen LogP contribution in [0, 0.1) is 12.7 Å². The Morgan fingerprint density at radius 1 is 1.26 bits per heavy atom. The third kappa shape index (κ3) is 4.68. The zero-order valence-electron chi connectivity index (χ0n) is 14.6. The van der Waals surface area contributed by atoms with Crippen molar-refractivity contribution >= 4 is 21.8 Å². The maximum Gasteiger partial charge on any atom is 0.263 e. The summed E-state index contributed by atoms with van der Waals surface area (Å²) in [6.07, 6.45) is 3.24. The van der Waals surface area contributed by atoms with Gasteiger partial charge in [0.25, 0.3) is 11.5 Å². The first-order valence-electron chi connectivity index (χ1n) is 8.27. The Balaban J connectivity index is 1.76. The van der Waals surface area contributed by atoms with Crippen molar-refractivity contribution in [2.45, 2.75) is 20.0 Å². The van der Waals surface area contributed by atoms with Crippen LogP contribution in [0.15, 0.2) is 64.1 Å². The fourth-order valence-corrected chi connectivity index (χ4v) is 3.03. The molecular formula is C20H17BrFN3O2. The van der Waals surface area contributed by atoms with E-state index in [1.54, 1.807) is 49.6 Å². The predicted octanol–water partition coefficient (Wildman–Crippen LogP) is 3.43. The molecule has 0 aliphatic carbocycles. The summed E-state index contributed by atoms with van der Waals surface area (Å²) in [6.45, 7) is 2.14. The van der Waals surface area contributed by atoms with Crippen molar-refractivity contribution in [3.63, 3.8) is 0 Å². The molecule has 2 aromatic heterocycles. The summed E-state index contributed by atoms with van der Waals surface area (Å²) in [5.41, 5.74) is 1.61. The van der Waals surface area contributed by atoms with E-state index >= 15 is 0 Å². The van der Waals surface area contributed by atoms with Gasteiger partial charge in [0.05, 0.1) is 18.8 Å². The lowest BCUT2D eigenvalue weighted by molar-refractivity contribution is 0.0948. The van der Waals surface area contributed by atoms with Gasteiger partial charge in [0.2, 0.25) is 0 Å². The van der Waals surface area contributed by atoms with E-state index in [2.05, 4.69) is 26.2 Å². The number of hydrogen-bond donors (Lipinski definition) is 1. The van der Waals surface area contributed by atoms with Crippen molar-refractivity contribution < 1.29 is 9.18 Å². The predicted molar refractivity (Wildman–Crippen MR) is 104 cm³/mol. The quantitative estimate of drug-likeness (QED) is 0.675. The number of aryl methyl sites for hydroxylation is 1. The molecule has 2 heterocycles. The minimum Gasteiger partial charge on any atom is -0.346 e. The number of carbonyl (C=O) groups excluding carboxylic acids is 1. The van der Waals surface area contributed by atoms with Crippen LogP contribution < -0.4 is 10.9 Å². The van der Waals surface area contributed by atoms with Gasteiger partial charge in [-0.3, -0.25) is 14.6 Å². The van der Waals surface area contributed by atoms with Crippen LogP contribution in [0.3, 0.4) is 0 Å². The Morgan fingerprint density at radius 3 is 2.81 bits per heavy atom. The molecule has 5 nitrogen and oxygen atoms in total. The average molecular weight is 430 g/mol. The first-order valence-corrected chi connectivity index (χ1v) is 9.06. The fraction of sp³-hybridized carbons (Fsp3) is 0.150. The van der Waals surface area contributed by atoms with Crippen molar-refractivity contribution in [3.8, 4) is 0 Å². The van der Waals surface area contributed by atoms with Crippen LogP contribution in [0.25, 0.3) is 0 Å². The fourth-order valence-electron chi connectivity index (χ4n) is 2.65.